The highest BCUT2D eigenvalue weighted by Gasteiger charge is 2.13. The van der Waals surface area contributed by atoms with E-state index in [-0.39, 0.29) is 11.9 Å². The van der Waals surface area contributed by atoms with Gasteiger partial charge in [-0.25, -0.2) is 0 Å². The third kappa shape index (κ3) is 6.15. The molecule has 1 atom stereocenters. The number of benzene rings is 1. The number of ether oxygens (including phenoxy) is 1. The Labute approximate surface area is 154 Å². The molecule has 0 aliphatic heterocycles. The van der Waals surface area contributed by atoms with Crippen LogP contribution in [0.25, 0.3) is 11.4 Å². The summed E-state index contributed by atoms with van der Waals surface area (Å²) >= 11 is 0. The first-order chi connectivity index (χ1) is 12.5. The summed E-state index contributed by atoms with van der Waals surface area (Å²) in [7, 11) is 1.62. The van der Waals surface area contributed by atoms with Crippen molar-refractivity contribution < 1.29 is 14.1 Å². The molecule has 0 aliphatic rings. The molecule has 1 aromatic carbocycles. The summed E-state index contributed by atoms with van der Waals surface area (Å²) in [6.45, 7) is 4.69. The van der Waals surface area contributed by atoms with Gasteiger partial charge in [0.25, 0.3) is 0 Å². The number of hydrogen-bond acceptors (Lipinski definition) is 6. The predicted molar refractivity (Wildman–Crippen MR) is 99.7 cm³/mol. The zero-order chi connectivity index (χ0) is 18.9. The average molecular weight is 360 g/mol. The fourth-order valence-electron chi connectivity index (χ4n) is 2.70. The molecule has 1 heterocycles. The SMILES string of the molecule is COc1ccc(-c2noc(CCCC(=O)NC(CN)CC(C)C)n2)cc1. The maximum absolute atomic E-state index is 12.0. The Bertz CT molecular complexity index is 682. The van der Waals surface area contributed by atoms with Gasteiger partial charge in [0.15, 0.2) is 0 Å². The molecule has 0 fully saturated rings. The zero-order valence-corrected chi connectivity index (χ0v) is 15.7. The van der Waals surface area contributed by atoms with Crippen LogP contribution in [0, 0.1) is 5.92 Å². The van der Waals surface area contributed by atoms with E-state index in [0.717, 1.165) is 17.7 Å². The molecule has 3 N–H and O–H groups in total. The molecule has 26 heavy (non-hydrogen) atoms. The van der Waals surface area contributed by atoms with Crippen LogP contribution in [0.15, 0.2) is 28.8 Å². The van der Waals surface area contributed by atoms with E-state index < -0.39 is 0 Å². The Morgan fingerprint density at radius 2 is 2.04 bits per heavy atom. The monoisotopic (exact) mass is 360 g/mol. The normalized spacial score (nSPS) is 12.2. The number of hydrogen-bond donors (Lipinski definition) is 2. The molecule has 1 amide bonds. The first kappa shape index (κ1) is 19.9. The molecule has 1 aromatic heterocycles. The van der Waals surface area contributed by atoms with Crippen molar-refractivity contribution in [3.05, 3.63) is 30.2 Å². The van der Waals surface area contributed by atoms with Crippen molar-refractivity contribution in [2.24, 2.45) is 11.7 Å². The number of aromatic nitrogens is 2. The Hall–Kier alpha value is -2.41. The van der Waals surface area contributed by atoms with Crippen molar-refractivity contribution in [1.29, 1.82) is 0 Å². The average Bonchev–Trinajstić information content (AvgIpc) is 3.09. The van der Waals surface area contributed by atoms with Crippen LogP contribution >= 0.6 is 0 Å². The summed E-state index contributed by atoms with van der Waals surface area (Å²) in [6, 6.07) is 7.49. The Kier molecular flexibility index (Phi) is 7.59. The van der Waals surface area contributed by atoms with E-state index in [0.29, 0.717) is 43.4 Å². The Morgan fingerprint density at radius 1 is 1.31 bits per heavy atom. The van der Waals surface area contributed by atoms with Crippen molar-refractivity contribution in [2.75, 3.05) is 13.7 Å². The van der Waals surface area contributed by atoms with Crippen LogP contribution in [0.5, 0.6) is 5.75 Å². The second-order valence-electron chi connectivity index (χ2n) is 6.72. The molecule has 0 aliphatic carbocycles. The van der Waals surface area contributed by atoms with Crippen LogP contribution < -0.4 is 15.8 Å². The number of nitrogens with two attached hydrogens (primary N) is 1. The van der Waals surface area contributed by atoms with Crippen LogP contribution in [0.3, 0.4) is 0 Å². The van der Waals surface area contributed by atoms with E-state index in [4.69, 9.17) is 15.0 Å². The van der Waals surface area contributed by atoms with Gasteiger partial charge >= 0.3 is 0 Å². The van der Waals surface area contributed by atoms with Crippen LogP contribution in [-0.2, 0) is 11.2 Å². The van der Waals surface area contributed by atoms with Gasteiger partial charge in [-0.2, -0.15) is 4.98 Å². The highest BCUT2D eigenvalue weighted by molar-refractivity contribution is 5.76. The summed E-state index contributed by atoms with van der Waals surface area (Å²) in [5.41, 5.74) is 6.57. The minimum absolute atomic E-state index is 0.0102. The van der Waals surface area contributed by atoms with Gasteiger partial charge in [-0.05, 0) is 43.0 Å². The fraction of sp³-hybridized carbons (Fsp3) is 0.526. The molecule has 0 spiro atoms. The number of aryl methyl sites for hydroxylation is 1. The number of carbonyl (C=O) groups is 1. The minimum Gasteiger partial charge on any atom is -0.497 e. The highest BCUT2D eigenvalue weighted by atomic mass is 16.5. The molecule has 1 unspecified atom stereocenters. The van der Waals surface area contributed by atoms with E-state index in [2.05, 4.69) is 29.3 Å². The van der Waals surface area contributed by atoms with Gasteiger partial charge in [0.05, 0.1) is 7.11 Å². The van der Waals surface area contributed by atoms with Gasteiger partial charge in [-0.15, -0.1) is 0 Å². The van der Waals surface area contributed by atoms with E-state index in [1.165, 1.54) is 0 Å². The fourth-order valence-corrected chi connectivity index (χ4v) is 2.70. The molecule has 0 saturated carbocycles. The van der Waals surface area contributed by atoms with Gasteiger partial charge in [0.1, 0.15) is 5.75 Å². The number of carbonyl (C=O) groups excluding carboxylic acids is 1. The minimum atomic E-state index is 0.0102. The van der Waals surface area contributed by atoms with Crippen LogP contribution in [0.1, 0.15) is 39.0 Å². The molecule has 142 valence electrons. The standard InChI is InChI=1S/C19H28N4O3/c1-13(2)11-15(12-20)21-17(24)5-4-6-18-22-19(23-26-18)14-7-9-16(25-3)10-8-14/h7-10,13,15H,4-6,11-12,20H2,1-3H3,(H,21,24). The third-order valence-corrected chi connectivity index (χ3v) is 4.02. The maximum atomic E-state index is 12.0. The predicted octanol–water partition coefficient (Wildman–Crippen LogP) is 2.56. The summed E-state index contributed by atoms with van der Waals surface area (Å²) in [5, 5.41) is 6.97. The van der Waals surface area contributed by atoms with Crippen molar-refractivity contribution in [2.45, 2.75) is 45.6 Å². The van der Waals surface area contributed by atoms with Crippen LogP contribution in [0.2, 0.25) is 0 Å². The smallest absolute Gasteiger partial charge is 0.226 e. The number of rotatable bonds is 10. The molecule has 7 heteroatoms. The molecule has 2 rings (SSSR count). The van der Waals surface area contributed by atoms with Crippen molar-refractivity contribution in [3.63, 3.8) is 0 Å². The summed E-state index contributed by atoms with van der Waals surface area (Å²) in [4.78, 5) is 16.4. The number of nitrogens with one attached hydrogen (secondary N) is 1. The second-order valence-corrected chi connectivity index (χ2v) is 6.72. The third-order valence-electron chi connectivity index (χ3n) is 4.02. The lowest BCUT2D eigenvalue weighted by Crippen LogP contribution is -2.40. The second kappa shape index (κ2) is 9.91. The highest BCUT2D eigenvalue weighted by Crippen LogP contribution is 2.20. The summed E-state index contributed by atoms with van der Waals surface area (Å²) in [5.74, 6) is 2.35. The molecule has 2 aromatic rings. The summed E-state index contributed by atoms with van der Waals surface area (Å²) in [6.07, 6.45) is 2.51. The van der Waals surface area contributed by atoms with E-state index >= 15 is 0 Å². The van der Waals surface area contributed by atoms with Crippen molar-refractivity contribution >= 4 is 5.91 Å². The molecule has 0 radical (unpaired) electrons. The van der Waals surface area contributed by atoms with E-state index in [1.54, 1.807) is 7.11 Å². The quantitative estimate of drug-likeness (QED) is 0.675. The van der Waals surface area contributed by atoms with Gasteiger partial charge in [0.2, 0.25) is 17.6 Å². The lowest BCUT2D eigenvalue weighted by molar-refractivity contribution is -0.121. The van der Waals surface area contributed by atoms with Gasteiger partial charge < -0.3 is 20.3 Å². The number of amides is 1. The Balaban J connectivity index is 1.79. The number of nitrogens with zero attached hydrogens (tertiary/aromatic N) is 2. The van der Waals surface area contributed by atoms with E-state index in [1.807, 2.05) is 24.3 Å². The molecule has 0 saturated heterocycles. The topological polar surface area (TPSA) is 103 Å². The molecular formula is C19H28N4O3. The maximum Gasteiger partial charge on any atom is 0.226 e. The first-order valence-corrected chi connectivity index (χ1v) is 8.98. The summed E-state index contributed by atoms with van der Waals surface area (Å²) < 4.78 is 10.4. The zero-order valence-electron chi connectivity index (χ0n) is 15.7. The van der Waals surface area contributed by atoms with Crippen molar-refractivity contribution in [1.82, 2.24) is 15.5 Å². The van der Waals surface area contributed by atoms with Crippen molar-refractivity contribution in [3.8, 4) is 17.1 Å². The first-order valence-electron chi connectivity index (χ1n) is 8.98. The van der Waals surface area contributed by atoms with E-state index in [9.17, 15) is 4.79 Å². The lowest BCUT2D eigenvalue weighted by atomic mass is 10.0. The van der Waals surface area contributed by atoms with Gasteiger partial charge in [0, 0.05) is 31.0 Å². The molecule has 0 bridgehead atoms. The molecule has 7 nitrogen and oxygen atoms in total. The van der Waals surface area contributed by atoms with Crippen LogP contribution in [0.4, 0.5) is 0 Å². The Morgan fingerprint density at radius 3 is 2.65 bits per heavy atom. The van der Waals surface area contributed by atoms with Gasteiger partial charge in [-0.1, -0.05) is 19.0 Å². The lowest BCUT2D eigenvalue weighted by Gasteiger charge is -2.18. The largest absolute Gasteiger partial charge is 0.497 e. The van der Waals surface area contributed by atoms with Gasteiger partial charge in [-0.3, -0.25) is 4.79 Å². The van der Waals surface area contributed by atoms with Crippen LogP contribution in [-0.4, -0.2) is 35.7 Å². The number of methoxy groups -OCH3 is 1. The molecular weight excluding hydrogens is 332 g/mol.